The summed E-state index contributed by atoms with van der Waals surface area (Å²) in [6.45, 7) is 82.5. The number of hydrogen-bond donors (Lipinski definition) is 0. The van der Waals surface area contributed by atoms with Crippen LogP contribution >= 0.6 is 11.6 Å². The van der Waals surface area contributed by atoms with Gasteiger partial charge in [-0.3, -0.25) is 0 Å². The highest BCUT2D eigenvalue weighted by Crippen LogP contribution is 2.55. The van der Waals surface area contributed by atoms with Crippen molar-refractivity contribution in [2.24, 2.45) is 0 Å². The molecule has 0 radical (unpaired) electrons. The van der Waals surface area contributed by atoms with Gasteiger partial charge in [-0.2, -0.15) is 0 Å². The van der Waals surface area contributed by atoms with Crippen molar-refractivity contribution < 1.29 is 0 Å². The van der Waals surface area contributed by atoms with Crippen molar-refractivity contribution in [2.45, 2.75) is 314 Å². The highest BCUT2D eigenvalue weighted by atomic mass is 35.5. The Morgan fingerprint density at radius 1 is 0.171 bits per heavy atom. The lowest BCUT2D eigenvalue weighted by Gasteiger charge is -2.45. The highest BCUT2D eigenvalue weighted by molar-refractivity contribution is 7.00. The first-order valence-electron chi connectivity index (χ1n) is 51.1. The van der Waals surface area contributed by atoms with E-state index < -0.39 is 0 Å². The van der Waals surface area contributed by atoms with Gasteiger partial charge in [-0.15, -0.1) is 0 Å². The van der Waals surface area contributed by atoms with Gasteiger partial charge < -0.3 is 29.4 Å². The average Bonchev–Trinajstić information content (AvgIpc) is 0.689. The van der Waals surface area contributed by atoms with Crippen LogP contribution in [0.1, 0.15) is 316 Å². The highest BCUT2D eigenvalue weighted by Gasteiger charge is 2.46. The first-order chi connectivity index (χ1) is 64.9. The molecule has 0 aromatic heterocycles. The molecule has 0 spiro atoms. The van der Waals surface area contributed by atoms with E-state index in [1.54, 1.807) is 0 Å². The van der Waals surface area contributed by atoms with Crippen LogP contribution in [0.5, 0.6) is 0 Å². The summed E-state index contributed by atoms with van der Waals surface area (Å²) in [6.07, 6.45) is 0. The lowest BCUT2D eigenvalue weighted by molar-refractivity contribution is 0.590. The van der Waals surface area contributed by atoms with E-state index in [1.807, 2.05) is 0 Å². The van der Waals surface area contributed by atoms with E-state index in [2.05, 4.69) is 582 Å². The van der Waals surface area contributed by atoms with Crippen LogP contribution in [-0.4, -0.2) is 6.71 Å². The molecular formula is C132H158BClN6. The minimum atomic E-state index is -0.0433. The fourth-order valence-corrected chi connectivity index (χ4v) is 19.8. The van der Waals surface area contributed by atoms with Crippen LogP contribution in [0.4, 0.5) is 102 Å². The monoisotopic (exact) mass is 1870 g/mol. The van der Waals surface area contributed by atoms with E-state index in [1.165, 1.54) is 106 Å². The maximum Gasteiger partial charge on any atom is 0.252 e. The Bertz CT molecular complexity index is 6120. The van der Waals surface area contributed by atoms with Crippen molar-refractivity contribution in [3.63, 3.8) is 0 Å². The molecule has 6 nitrogen and oxygen atoms in total. The van der Waals surface area contributed by atoms with Gasteiger partial charge in [0.25, 0.3) is 6.71 Å². The van der Waals surface area contributed by atoms with Gasteiger partial charge in [0.15, 0.2) is 0 Å². The summed E-state index contributed by atoms with van der Waals surface area (Å²) in [4.78, 5) is 14.7. The summed E-state index contributed by atoms with van der Waals surface area (Å²) in [7, 11) is 0. The molecule has 140 heavy (non-hydrogen) atoms. The molecule has 2 heterocycles. The molecule has 14 aromatic rings. The van der Waals surface area contributed by atoms with Gasteiger partial charge >= 0.3 is 0 Å². The van der Waals surface area contributed by atoms with Crippen LogP contribution in [0.15, 0.2) is 303 Å². The molecule has 8 heteroatoms. The third-order valence-electron chi connectivity index (χ3n) is 28.7. The molecule has 0 amide bonds. The molecule has 0 fully saturated rings. The second kappa shape index (κ2) is 37.3. The maximum absolute atomic E-state index is 8.22. The molecule has 0 saturated carbocycles. The number of fused-ring (bicyclic) bond motifs is 4. The first kappa shape index (κ1) is 103. The van der Waals surface area contributed by atoms with Gasteiger partial charge in [-0.25, -0.2) is 0 Å². The van der Waals surface area contributed by atoms with Crippen LogP contribution in [0, 0.1) is 0 Å². The summed E-state index contributed by atoms with van der Waals surface area (Å²) >= 11 is 8.22. The summed E-state index contributed by atoms with van der Waals surface area (Å²) in [5.41, 5.74) is 39.0. The average molecular weight is 1880 g/mol. The molecule has 0 atom stereocenters. The Kier molecular flexibility index (Phi) is 27.3. The van der Waals surface area contributed by atoms with E-state index in [4.69, 9.17) is 11.6 Å². The van der Waals surface area contributed by atoms with E-state index in [9.17, 15) is 0 Å². The van der Waals surface area contributed by atoms with Crippen molar-refractivity contribution in [1.29, 1.82) is 0 Å². The fraction of sp³-hybridized carbons (Fsp3) is 0.364. The Balaban J connectivity index is 0.000000212. The van der Waals surface area contributed by atoms with Crippen molar-refractivity contribution in [2.75, 3.05) is 29.4 Å². The summed E-state index contributed by atoms with van der Waals surface area (Å²) in [5, 5.41) is 0.634. The molecule has 0 unspecified atom stereocenters. The lowest BCUT2D eigenvalue weighted by Crippen LogP contribution is -2.61. The number of nitrogens with zero attached hydrogens (tertiary/aromatic N) is 6. The predicted octanol–water partition coefficient (Wildman–Crippen LogP) is 37.6. The summed E-state index contributed by atoms with van der Waals surface area (Å²) in [6, 6.07) is 116. The zero-order valence-corrected chi connectivity index (χ0v) is 92.3. The van der Waals surface area contributed by atoms with E-state index in [0.29, 0.717) is 5.02 Å². The lowest BCUT2D eigenvalue weighted by atomic mass is 9.33. The molecule has 0 saturated heterocycles. The van der Waals surface area contributed by atoms with Crippen molar-refractivity contribution >= 4 is 137 Å². The van der Waals surface area contributed by atoms with Crippen LogP contribution < -0.4 is 45.8 Å². The number of benzene rings is 14. The number of anilines is 18. The standard InChI is InChI=1S/C66H78BN3.C66H80ClN3/c1-61(2,3)43-19-29-49(30-20-43)68(50-31-21-44(22-32-50)62(4,5)6)53-41-58-60-59(42-53)70(52-35-25-46(26-36-52)64(10,11)12)57-38-28-48(66(16,17)18)40-55(57)67(60)54-39-47(65(13,14)15)27-37-56(54)69(58)51-33-23-45(24-34-51)63(7,8)9;1-61(2,3)45-19-31-51(32-20-45)68(52-33-21-46(22-34-52)62(4,5)6)57-43-58(69(53-35-23-47(24-36-53)63(7,8)9)54-37-25-48(26-38-54)64(10,11)12)60(67)59(44-57)70(55-39-27-49(28-40-55)65(13,14)15)56-41-29-50(30-42-56)66(16,17)18/h19-42H,1-18H3;19-44H,1-18H3. The van der Waals surface area contributed by atoms with Gasteiger partial charge in [0.1, 0.15) is 0 Å². The van der Waals surface area contributed by atoms with Crippen LogP contribution in [0.3, 0.4) is 0 Å². The Morgan fingerprint density at radius 2 is 0.336 bits per heavy atom. The van der Waals surface area contributed by atoms with Gasteiger partial charge in [0, 0.05) is 79.6 Å². The molecule has 16 rings (SSSR count). The fourth-order valence-electron chi connectivity index (χ4n) is 19.5. The zero-order valence-electron chi connectivity index (χ0n) is 91.5. The van der Waals surface area contributed by atoms with Gasteiger partial charge in [-0.05, 0) is 306 Å². The molecule has 0 bridgehead atoms. The molecule has 726 valence electrons. The van der Waals surface area contributed by atoms with E-state index in [-0.39, 0.29) is 71.7 Å². The molecule has 2 aliphatic heterocycles. The third kappa shape index (κ3) is 21.7. The van der Waals surface area contributed by atoms with Gasteiger partial charge in [-0.1, -0.05) is 406 Å². The minimum absolute atomic E-state index is 0.00448. The predicted molar refractivity (Wildman–Crippen MR) is 615 cm³/mol. The third-order valence-corrected chi connectivity index (χ3v) is 29.1. The first-order valence-corrected chi connectivity index (χ1v) is 51.5. The minimum Gasteiger partial charge on any atom is -0.311 e. The maximum atomic E-state index is 8.22. The molecule has 0 aliphatic carbocycles. The SMILES string of the molecule is CC(C)(C)c1ccc(N(c2ccc(C(C)(C)C)cc2)c2cc(N(c3ccc(C(C)(C)C)cc3)c3ccc(C(C)(C)C)cc3)c(Cl)c(N(c3ccc(C(C)(C)C)cc3)c3ccc(C(C)(C)C)cc3)c2)cc1.CC(C)(C)c1ccc(N(c2ccc(C(C)(C)C)cc2)c2cc3c4c(c2)N(c2ccc(C(C)(C)C)cc2)c2ccc(C(C)(C)C)cc2B4c2cc(C(C)(C)C)ccc2N3c2ccc(C(C)(C)C)cc2)cc1. The Hall–Kier alpha value is -11.8. The molecule has 0 N–H and O–H groups in total. The Morgan fingerprint density at radius 3 is 0.521 bits per heavy atom. The van der Waals surface area contributed by atoms with Crippen molar-refractivity contribution in [3.05, 3.63) is 375 Å². The largest absolute Gasteiger partial charge is 0.311 e. The molecule has 14 aromatic carbocycles. The van der Waals surface area contributed by atoms with Crippen LogP contribution in [0.25, 0.3) is 0 Å². The molecular weight excluding hydrogens is 1720 g/mol. The number of rotatable bonds is 14. The van der Waals surface area contributed by atoms with Gasteiger partial charge in [0.05, 0.1) is 27.8 Å². The van der Waals surface area contributed by atoms with Crippen LogP contribution in [0.2, 0.25) is 5.02 Å². The Labute approximate surface area is 849 Å². The smallest absolute Gasteiger partial charge is 0.252 e. The zero-order chi connectivity index (χ0) is 102. The van der Waals surface area contributed by atoms with Crippen molar-refractivity contribution in [3.8, 4) is 0 Å². The van der Waals surface area contributed by atoms with Crippen LogP contribution in [-0.2, 0) is 65.0 Å². The van der Waals surface area contributed by atoms with E-state index >= 15 is 0 Å². The summed E-state index contributed by atoms with van der Waals surface area (Å²) < 4.78 is 0. The normalized spacial score (nSPS) is 13.4. The topological polar surface area (TPSA) is 19.4 Å². The quantitative estimate of drug-likeness (QED) is 0.100. The van der Waals surface area contributed by atoms with Gasteiger partial charge in [0.2, 0.25) is 0 Å². The van der Waals surface area contributed by atoms with Crippen molar-refractivity contribution in [1.82, 2.24) is 0 Å². The van der Waals surface area contributed by atoms with E-state index in [0.717, 1.165) is 79.6 Å². The molecule has 2 aliphatic rings. The summed E-state index contributed by atoms with van der Waals surface area (Å²) in [5.74, 6) is 0. The number of hydrogen-bond acceptors (Lipinski definition) is 6. The second-order valence-electron chi connectivity index (χ2n) is 52.2. The second-order valence-corrected chi connectivity index (χ2v) is 52.5. The number of halogens is 1.